The average molecular weight is 384 g/mol. The maximum Gasteiger partial charge on any atom is 0.325 e. The van der Waals surface area contributed by atoms with Gasteiger partial charge in [-0.1, -0.05) is 37.8 Å². The molecular formula is C21H28N4O3. The molecule has 4 rings (SSSR count). The van der Waals surface area contributed by atoms with Crippen molar-refractivity contribution in [2.45, 2.75) is 56.9 Å². The second kappa shape index (κ2) is 7.81. The van der Waals surface area contributed by atoms with Crippen molar-refractivity contribution in [2.24, 2.45) is 0 Å². The van der Waals surface area contributed by atoms with Crippen LogP contribution in [0, 0.1) is 0 Å². The summed E-state index contributed by atoms with van der Waals surface area (Å²) >= 11 is 0. The van der Waals surface area contributed by atoms with Crippen molar-refractivity contribution in [1.29, 1.82) is 0 Å². The predicted octanol–water partition coefficient (Wildman–Crippen LogP) is 2.87. The molecule has 3 fully saturated rings. The maximum absolute atomic E-state index is 12.7. The Labute approximate surface area is 165 Å². The van der Waals surface area contributed by atoms with Crippen LogP contribution in [0.5, 0.6) is 0 Å². The van der Waals surface area contributed by atoms with Crippen LogP contribution in [-0.2, 0) is 9.59 Å². The minimum absolute atomic E-state index is 0.249. The average Bonchev–Trinajstić information content (AvgIpc) is 3.11. The molecule has 3 aliphatic rings. The molecular weight excluding hydrogens is 356 g/mol. The van der Waals surface area contributed by atoms with E-state index >= 15 is 0 Å². The highest BCUT2D eigenvalue weighted by Gasteiger charge is 2.52. The summed E-state index contributed by atoms with van der Waals surface area (Å²) in [6, 6.07) is 7.29. The molecule has 1 aliphatic carbocycles. The van der Waals surface area contributed by atoms with E-state index in [4.69, 9.17) is 0 Å². The molecule has 7 heteroatoms. The molecule has 1 aromatic rings. The summed E-state index contributed by atoms with van der Waals surface area (Å²) in [5, 5.41) is 5.74. The summed E-state index contributed by atoms with van der Waals surface area (Å²) in [5.74, 6) is -0.605. The number of rotatable bonds is 4. The number of carbonyl (C=O) groups excluding carboxylic acids is 3. The topological polar surface area (TPSA) is 81.8 Å². The van der Waals surface area contributed by atoms with Crippen LogP contribution in [0.15, 0.2) is 24.3 Å². The van der Waals surface area contributed by atoms with Crippen LogP contribution in [0.2, 0.25) is 0 Å². The van der Waals surface area contributed by atoms with Gasteiger partial charge in [0.05, 0.1) is 11.4 Å². The Morgan fingerprint density at radius 2 is 1.68 bits per heavy atom. The van der Waals surface area contributed by atoms with Crippen LogP contribution in [0.3, 0.4) is 0 Å². The Morgan fingerprint density at radius 1 is 1.00 bits per heavy atom. The van der Waals surface area contributed by atoms with Gasteiger partial charge in [-0.2, -0.15) is 0 Å². The van der Waals surface area contributed by atoms with E-state index in [0.29, 0.717) is 12.8 Å². The number of amides is 4. The molecule has 0 atom stereocenters. The highest BCUT2D eigenvalue weighted by atomic mass is 16.2. The minimum atomic E-state index is -0.776. The number of hydrogen-bond donors (Lipinski definition) is 2. The number of imide groups is 1. The van der Waals surface area contributed by atoms with Gasteiger partial charge in [-0.05, 0) is 37.8 Å². The van der Waals surface area contributed by atoms with Gasteiger partial charge < -0.3 is 15.5 Å². The van der Waals surface area contributed by atoms with Crippen LogP contribution in [0.25, 0.3) is 0 Å². The van der Waals surface area contributed by atoms with Crippen LogP contribution in [-0.4, -0.2) is 47.9 Å². The summed E-state index contributed by atoms with van der Waals surface area (Å²) in [5.41, 5.74) is 0.959. The highest BCUT2D eigenvalue weighted by molar-refractivity contribution is 6.10. The quantitative estimate of drug-likeness (QED) is 0.782. The van der Waals surface area contributed by atoms with Crippen molar-refractivity contribution in [2.75, 3.05) is 29.9 Å². The molecule has 1 spiro atoms. The van der Waals surface area contributed by atoms with Gasteiger partial charge in [0, 0.05) is 13.1 Å². The smallest absolute Gasteiger partial charge is 0.325 e. The van der Waals surface area contributed by atoms with Gasteiger partial charge in [0.15, 0.2) is 0 Å². The lowest BCUT2D eigenvalue weighted by molar-refractivity contribution is -0.133. The lowest BCUT2D eigenvalue weighted by Gasteiger charge is -2.25. The molecule has 0 aromatic heterocycles. The van der Waals surface area contributed by atoms with E-state index in [1.54, 1.807) is 0 Å². The van der Waals surface area contributed by atoms with Gasteiger partial charge in [-0.3, -0.25) is 14.5 Å². The first-order chi connectivity index (χ1) is 13.6. The number of hydrogen-bond acceptors (Lipinski definition) is 4. The number of nitrogens with one attached hydrogen (secondary N) is 2. The van der Waals surface area contributed by atoms with Gasteiger partial charge in [0.25, 0.3) is 5.91 Å². The fraction of sp³-hybridized carbons (Fsp3) is 0.571. The van der Waals surface area contributed by atoms with Crippen molar-refractivity contribution in [3.05, 3.63) is 24.3 Å². The van der Waals surface area contributed by atoms with Gasteiger partial charge in [-0.15, -0.1) is 0 Å². The molecule has 1 aromatic carbocycles. The molecule has 2 saturated heterocycles. The molecule has 7 nitrogen and oxygen atoms in total. The van der Waals surface area contributed by atoms with E-state index < -0.39 is 11.6 Å². The zero-order valence-electron chi connectivity index (χ0n) is 16.2. The Balaban J connectivity index is 1.44. The molecule has 28 heavy (non-hydrogen) atoms. The van der Waals surface area contributed by atoms with E-state index in [1.807, 2.05) is 24.3 Å². The summed E-state index contributed by atoms with van der Waals surface area (Å²) in [6.45, 7) is 1.70. The van der Waals surface area contributed by atoms with E-state index in [-0.39, 0.29) is 18.4 Å². The fourth-order valence-electron chi connectivity index (χ4n) is 4.64. The number of benzene rings is 1. The van der Waals surface area contributed by atoms with E-state index in [1.165, 1.54) is 12.8 Å². The van der Waals surface area contributed by atoms with Crippen molar-refractivity contribution in [3.63, 3.8) is 0 Å². The zero-order chi connectivity index (χ0) is 19.6. The van der Waals surface area contributed by atoms with Gasteiger partial charge in [0.1, 0.15) is 12.1 Å². The molecule has 2 heterocycles. The third kappa shape index (κ3) is 3.57. The number of urea groups is 1. The van der Waals surface area contributed by atoms with Crippen molar-refractivity contribution >= 4 is 29.2 Å². The number of anilines is 2. The van der Waals surface area contributed by atoms with Crippen LogP contribution in [0.4, 0.5) is 16.2 Å². The monoisotopic (exact) mass is 384 g/mol. The lowest BCUT2D eigenvalue weighted by atomic mass is 9.98. The van der Waals surface area contributed by atoms with Gasteiger partial charge >= 0.3 is 6.03 Å². The van der Waals surface area contributed by atoms with Crippen molar-refractivity contribution in [3.8, 4) is 0 Å². The lowest BCUT2D eigenvalue weighted by Crippen LogP contribution is -2.44. The number of nitrogens with zero attached hydrogens (tertiary/aromatic N) is 2. The van der Waals surface area contributed by atoms with Gasteiger partial charge in [0.2, 0.25) is 5.91 Å². The predicted molar refractivity (Wildman–Crippen MR) is 107 cm³/mol. The first-order valence-electron chi connectivity index (χ1n) is 10.4. The maximum atomic E-state index is 12.7. The van der Waals surface area contributed by atoms with E-state index in [9.17, 15) is 14.4 Å². The Hall–Kier alpha value is -2.57. The molecule has 0 unspecified atom stereocenters. The van der Waals surface area contributed by atoms with Crippen LogP contribution in [0.1, 0.15) is 51.4 Å². The van der Waals surface area contributed by atoms with E-state index in [0.717, 1.165) is 55.0 Å². The minimum Gasteiger partial charge on any atom is -0.370 e. The molecule has 150 valence electrons. The van der Waals surface area contributed by atoms with Crippen LogP contribution < -0.4 is 15.5 Å². The Bertz CT molecular complexity index is 765. The second-order valence-electron chi connectivity index (χ2n) is 8.08. The summed E-state index contributed by atoms with van der Waals surface area (Å²) in [7, 11) is 0. The molecule has 2 N–H and O–H groups in total. The third-order valence-electron chi connectivity index (χ3n) is 6.13. The van der Waals surface area contributed by atoms with Gasteiger partial charge in [-0.25, -0.2) is 4.79 Å². The SMILES string of the molecule is O=C(CN1C(=O)NC2(CCCC2)C1=O)Nc1ccccc1N1CCCCCC1. The standard InChI is InChI=1S/C21H28N4O3/c26-18(15-25-19(27)21(23-20(25)28)11-5-6-12-21)22-16-9-3-4-10-17(16)24-13-7-1-2-8-14-24/h3-4,9-10H,1-2,5-8,11-15H2,(H,22,26)(H,23,28). The van der Waals surface area contributed by atoms with Crippen molar-refractivity contribution < 1.29 is 14.4 Å². The first-order valence-corrected chi connectivity index (χ1v) is 10.4. The highest BCUT2D eigenvalue weighted by Crippen LogP contribution is 2.35. The Kier molecular flexibility index (Phi) is 5.24. The molecule has 4 amide bonds. The largest absolute Gasteiger partial charge is 0.370 e. The third-order valence-corrected chi connectivity index (χ3v) is 6.13. The first kappa shape index (κ1) is 18.8. The fourth-order valence-corrected chi connectivity index (χ4v) is 4.64. The second-order valence-corrected chi connectivity index (χ2v) is 8.08. The normalized spacial score (nSPS) is 21.7. The molecule has 0 bridgehead atoms. The summed E-state index contributed by atoms with van der Waals surface area (Å²) < 4.78 is 0. The summed E-state index contributed by atoms with van der Waals surface area (Å²) in [6.07, 6.45) is 7.93. The van der Waals surface area contributed by atoms with Crippen molar-refractivity contribution in [1.82, 2.24) is 10.2 Å². The van der Waals surface area contributed by atoms with E-state index in [2.05, 4.69) is 15.5 Å². The zero-order valence-corrected chi connectivity index (χ0v) is 16.2. The summed E-state index contributed by atoms with van der Waals surface area (Å²) in [4.78, 5) is 41.1. The molecule has 1 saturated carbocycles. The molecule has 2 aliphatic heterocycles. The van der Waals surface area contributed by atoms with Crippen LogP contribution >= 0.6 is 0 Å². The number of carbonyl (C=O) groups is 3. The molecule has 0 radical (unpaired) electrons. The number of para-hydroxylation sites is 2. The Morgan fingerprint density at radius 3 is 2.39 bits per heavy atom.